The van der Waals surface area contributed by atoms with Crippen LogP contribution in [0.1, 0.15) is 19.3 Å². The van der Waals surface area contributed by atoms with Crippen LogP contribution < -0.4 is 10.1 Å². The van der Waals surface area contributed by atoms with Crippen LogP contribution in [0.4, 0.5) is 8.78 Å². The molecule has 1 unspecified atom stereocenters. The minimum atomic E-state index is -0.577. The van der Waals surface area contributed by atoms with E-state index in [9.17, 15) is 8.78 Å². The molecule has 18 heavy (non-hydrogen) atoms. The van der Waals surface area contributed by atoms with Crippen LogP contribution in [0.5, 0.6) is 5.75 Å². The molecule has 0 amide bonds. The van der Waals surface area contributed by atoms with Crippen molar-refractivity contribution in [1.82, 2.24) is 5.32 Å². The quantitative estimate of drug-likeness (QED) is 0.783. The highest BCUT2D eigenvalue weighted by atomic mass is 19.1. The van der Waals surface area contributed by atoms with Gasteiger partial charge in [0.2, 0.25) is 0 Å². The lowest BCUT2D eigenvalue weighted by atomic mass is 10.2. The van der Waals surface area contributed by atoms with Crippen LogP contribution in [0, 0.1) is 11.6 Å². The number of aliphatic hydroxyl groups excluding tert-OH is 1. The van der Waals surface area contributed by atoms with E-state index in [1.165, 1.54) is 0 Å². The number of hydrogen-bond donors (Lipinski definition) is 2. The normalized spacial score (nSPS) is 16.6. The highest BCUT2D eigenvalue weighted by molar-refractivity contribution is 5.24. The molecule has 100 valence electrons. The highest BCUT2D eigenvalue weighted by Crippen LogP contribution is 2.21. The molecule has 0 radical (unpaired) electrons. The largest absolute Gasteiger partial charge is 0.490 e. The highest BCUT2D eigenvalue weighted by Gasteiger charge is 2.24. The Morgan fingerprint density at radius 3 is 2.83 bits per heavy atom. The molecule has 2 rings (SSSR count). The summed E-state index contributed by atoms with van der Waals surface area (Å²) in [7, 11) is 0. The monoisotopic (exact) mass is 257 g/mol. The van der Waals surface area contributed by atoms with Crippen molar-refractivity contribution in [2.75, 3.05) is 13.2 Å². The van der Waals surface area contributed by atoms with E-state index in [1.54, 1.807) is 0 Å². The van der Waals surface area contributed by atoms with E-state index >= 15 is 0 Å². The van der Waals surface area contributed by atoms with Gasteiger partial charge in [-0.15, -0.1) is 0 Å². The van der Waals surface area contributed by atoms with Gasteiger partial charge in [-0.25, -0.2) is 8.78 Å². The van der Waals surface area contributed by atoms with Gasteiger partial charge < -0.3 is 15.2 Å². The Morgan fingerprint density at radius 2 is 2.17 bits per heavy atom. The first-order valence-corrected chi connectivity index (χ1v) is 6.14. The lowest BCUT2D eigenvalue weighted by molar-refractivity contribution is 0.204. The van der Waals surface area contributed by atoms with Gasteiger partial charge in [0.15, 0.2) is 11.6 Å². The molecule has 0 aliphatic heterocycles. The average molecular weight is 257 g/mol. The van der Waals surface area contributed by atoms with Gasteiger partial charge in [0.1, 0.15) is 5.82 Å². The lowest BCUT2D eigenvalue weighted by Crippen LogP contribution is -2.35. The minimum absolute atomic E-state index is 0.0193. The van der Waals surface area contributed by atoms with Gasteiger partial charge in [-0.1, -0.05) is 0 Å². The zero-order valence-corrected chi connectivity index (χ0v) is 10.0. The van der Waals surface area contributed by atoms with E-state index in [4.69, 9.17) is 9.84 Å². The zero-order valence-electron chi connectivity index (χ0n) is 10.0. The summed E-state index contributed by atoms with van der Waals surface area (Å²) >= 11 is 0. The maximum atomic E-state index is 13.2. The molecule has 0 bridgehead atoms. The van der Waals surface area contributed by atoms with Crippen LogP contribution in [-0.4, -0.2) is 30.4 Å². The number of benzene rings is 1. The Labute approximate surface area is 105 Å². The predicted molar refractivity (Wildman–Crippen MR) is 63.5 cm³/mol. The van der Waals surface area contributed by atoms with Crippen molar-refractivity contribution < 1.29 is 18.6 Å². The van der Waals surface area contributed by atoms with Crippen LogP contribution in [0.3, 0.4) is 0 Å². The predicted octanol–water partition coefficient (Wildman–Crippen LogP) is 1.85. The van der Waals surface area contributed by atoms with Gasteiger partial charge in [-0.3, -0.25) is 0 Å². The van der Waals surface area contributed by atoms with Gasteiger partial charge in [-0.05, 0) is 31.4 Å². The maximum Gasteiger partial charge on any atom is 0.165 e. The fraction of sp³-hybridized carbons (Fsp3) is 0.538. The molecule has 1 aromatic rings. The lowest BCUT2D eigenvalue weighted by Gasteiger charge is -2.16. The van der Waals surface area contributed by atoms with Crippen LogP contribution >= 0.6 is 0 Å². The average Bonchev–Trinajstić information content (AvgIpc) is 3.16. The molecule has 5 heteroatoms. The van der Waals surface area contributed by atoms with Crippen LogP contribution in [-0.2, 0) is 0 Å². The van der Waals surface area contributed by atoms with Crippen molar-refractivity contribution in [2.45, 2.75) is 31.3 Å². The zero-order chi connectivity index (χ0) is 13.0. The first-order chi connectivity index (χ1) is 8.69. The molecular weight excluding hydrogens is 240 g/mol. The van der Waals surface area contributed by atoms with E-state index < -0.39 is 11.6 Å². The number of hydrogen-bond acceptors (Lipinski definition) is 3. The summed E-state index contributed by atoms with van der Waals surface area (Å²) in [6.07, 6.45) is 2.83. The smallest absolute Gasteiger partial charge is 0.165 e. The van der Waals surface area contributed by atoms with E-state index in [2.05, 4.69) is 5.32 Å². The summed E-state index contributed by atoms with van der Waals surface area (Å²) in [5.41, 5.74) is 0. The molecule has 1 atom stereocenters. The van der Waals surface area contributed by atoms with Crippen molar-refractivity contribution >= 4 is 0 Å². The Balaban J connectivity index is 1.77. The Bertz CT molecular complexity index is 397. The van der Waals surface area contributed by atoms with E-state index in [-0.39, 0.29) is 25.0 Å². The Kier molecular flexibility index (Phi) is 4.49. The second-order valence-electron chi connectivity index (χ2n) is 4.53. The van der Waals surface area contributed by atoms with Gasteiger partial charge in [0.25, 0.3) is 0 Å². The van der Waals surface area contributed by atoms with Crippen molar-refractivity contribution in [3.8, 4) is 5.75 Å². The fourth-order valence-corrected chi connectivity index (χ4v) is 1.71. The summed E-state index contributed by atoms with van der Waals surface area (Å²) < 4.78 is 31.3. The third-order valence-electron chi connectivity index (χ3n) is 2.89. The molecule has 0 heterocycles. The summed E-state index contributed by atoms with van der Waals surface area (Å²) in [6, 6.07) is 3.56. The van der Waals surface area contributed by atoms with Crippen LogP contribution in [0.15, 0.2) is 18.2 Å². The first kappa shape index (κ1) is 13.2. The molecule has 0 aromatic heterocycles. The fourth-order valence-electron chi connectivity index (χ4n) is 1.71. The molecule has 1 fully saturated rings. The van der Waals surface area contributed by atoms with Gasteiger partial charge in [0.05, 0.1) is 13.2 Å². The Morgan fingerprint density at radius 1 is 1.39 bits per heavy atom. The van der Waals surface area contributed by atoms with Crippen LogP contribution in [0.25, 0.3) is 0 Å². The molecule has 1 aliphatic carbocycles. The standard InChI is InChI=1S/C13H17F2NO2/c14-9-1-4-12(15)13(7-9)18-6-5-11(8-17)16-10-2-3-10/h1,4,7,10-11,16-17H,2-3,5-6,8H2. The molecule has 1 saturated carbocycles. The van der Waals surface area contributed by atoms with Gasteiger partial charge in [0, 0.05) is 18.2 Å². The molecular formula is C13H17F2NO2. The number of halogens is 2. The molecule has 0 spiro atoms. The molecule has 2 N–H and O–H groups in total. The summed E-state index contributed by atoms with van der Waals surface area (Å²) in [5.74, 6) is -1.19. The SMILES string of the molecule is OCC(CCOc1cc(F)ccc1F)NC1CC1. The van der Waals surface area contributed by atoms with Crippen molar-refractivity contribution in [3.05, 3.63) is 29.8 Å². The number of aliphatic hydroxyl groups is 1. The van der Waals surface area contributed by atoms with E-state index in [0.29, 0.717) is 12.5 Å². The topological polar surface area (TPSA) is 41.5 Å². The number of ether oxygens (including phenoxy) is 1. The third-order valence-corrected chi connectivity index (χ3v) is 2.89. The maximum absolute atomic E-state index is 13.2. The molecule has 1 aromatic carbocycles. The second-order valence-corrected chi connectivity index (χ2v) is 4.53. The Hall–Kier alpha value is -1.20. The first-order valence-electron chi connectivity index (χ1n) is 6.14. The van der Waals surface area contributed by atoms with Crippen molar-refractivity contribution in [1.29, 1.82) is 0 Å². The van der Waals surface area contributed by atoms with Crippen molar-refractivity contribution in [2.24, 2.45) is 0 Å². The number of nitrogens with one attached hydrogen (secondary N) is 1. The summed E-state index contributed by atoms with van der Waals surface area (Å²) in [5, 5.41) is 12.4. The second kappa shape index (κ2) is 6.11. The van der Waals surface area contributed by atoms with Gasteiger partial charge >= 0.3 is 0 Å². The van der Waals surface area contributed by atoms with Crippen LogP contribution in [0.2, 0.25) is 0 Å². The summed E-state index contributed by atoms with van der Waals surface area (Å²) in [6.45, 7) is 0.261. The van der Waals surface area contributed by atoms with E-state index in [1.807, 2.05) is 0 Å². The molecule has 3 nitrogen and oxygen atoms in total. The third kappa shape index (κ3) is 3.92. The van der Waals surface area contributed by atoms with E-state index in [0.717, 1.165) is 31.0 Å². The molecule has 1 aliphatic rings. The summed E-state index contributed by atoms with van der Waals surface area (Å²) in [4.78, 5) is 0. The van der Waals surface area contributed by atoms with Gasteiger partial charge in [-0.2, -0.15) is 0 Å². The van der Waals surface area contributed by atoms with Crippen molar-refractivity contribution in [3.63, 3.8) is 0 Å². The number of rotatable bonds is 7. The molecule has 0 saturated heterocycles. The minimum Gasteiger partial charge on any atom is -0.490 e.